The lowest BCUT2D eigenvalue weighted by molar-refractivity contribution is -0.118. The Labute approximate surface area is 253 Å². The Bertz CT molecular complexity index is 1770. The molecular weight excluding hydrogens is 561 g/mol. The molecule has 8 nitrogen and oxygen atoms in total. The van der Waals surface area contributed by atoms with Gasteiger partial charge in [-0.05, 0) is 67.0 Å². The minimum Gasteiger partial charge on any atom is -0.354 e. The number of benzene rings is 3. The molecule has 0 aliphatic carbocycles. The lowest BCUT2D eigenvalue weighted by Gasteiger charge is -2.28. The van der Waals surface area contributed by atoms with Gasteiger partial charge in [-0.25, -0.2) is 9.38 Å². The average molecular weight is 596 g/mol. The minimum atomic E-state index is -0.403. The predicted molar refractivity (Wildman–Crippen MR) is 175 cm³/mol. The fourth-order valence-corrected chi connectivity index (χ4v) is 7.02. The van der Waals surface area contributed by atoms with Gasteiger partial charge in [0.05, 0.1) is 35.3 Å². The van der Waals surface area contributed by atoms with Crippen molar-refractivity contribution in [2.24, 2.45) is 4.99 Å². The van der Waals surface area contributed by atoms with Crippen molar-refractivity contribution in [2.75, 3.05) is 38.3 Å². The molecule has 0 saturated carbocycles. The number of aromatic nitrogens is 2. The van der Waals surface area contributed by atoms with Crippen molar-refractivity contribution in [1.29, 1.82) is 0 Å². The molecule has 0 bridgehead atoms. The number of likely N-dealkylation sites (N-methyl/N-ethyl adjacent to an activating group) is 1. The van der Waals surface area contributed by atoms with Gasteiger partial charge in [0.15, 0.2) is 0 Å². The van der Waals surface area contributed by atoms with Crippen LogP contribution in [-0.4, -0.2) is 69.8 Å². The van der Waals surface area contributed by atoms with Crippen LogP contribution in [0.25, 0.3) is 10.9 Å². The van der Waals surface area contributed by atoms with Gasteiger partial charge < -0.3 is 20.4 Å². The molecule has 2 aliphatic heterocycles. The van der Waals surface area contributed by atoms with E-state index in [4.69, 9.17) is 4.99 Å². The van der Waals surface area contributed by atoms with Gasteiger partial charge in [-0.3, -0.25) is 9.48 Å². The molecule has 43 heavy (non-hydrogen) atoms. The van der Waals surface area contributed by atoms with E-state index in [-0.39, 0.29) is 11.7 Å². The molecule has 6 rings (SSSR count). The number of carbonyl (C=O) groups is 1. The second-order valence-electron chi connectivity index (χ2n) is 10.8. The van der Waals surface area contributed by atoms with Crippen molar-refractivity contribution in [3.63, 3.8) is 0 Å². The van der Waals surface area contributed by atoms with E-state index in [1.54, 1.807) is 6.07 Å². The maximum Gasteiger partial charge on any atom is 0.229 e. The third-order valence-corrected chi connectivity index (χ3v) is 9.20. The van der Waals surface area contributed by atoms with Crippen molar-refractivity contribution in [1.82, 2.24) is 24.9 Å². The normalized spacial score (nSPS) is 16.0. The third kappa shape index (κ3) is 6.76. The van der Waals surface area contributed by atoms with Crippen LogP contribution in [-0.2, 0) is 17.9 Å². The molecule has 0 fully saturated rings. The van der Waals surface area contributed by atoms with Crippen molar-refractivity contribution >= 4 is 44.3 Å². The molecular formula is C33H34FN7OS. The summed E-state index contributed by atoms with van der Waals surface area (Å²) in [7, 11) is 3.59. The number of amides is 1. The smallest absolute Gasteiger partial charge is 0.229 e. The monoisotopic (exact) mass is 595 g/mol. The number of anilines is 1. The van der Waals surface area contributed by atoms with Crippen molar-refractivity contribution in [3.8, 4) is 0 Å². The second-order valence-corrected chi connectivity index (χ2v) is 12.6. The first kappa shape index (κ1) is 28.6. The SMILES string of the molecule is CN(C)CCNC(=O)CS1=C2C(=C(Nc3ccc4c(cnn4Cc4cccc(F)c4)c3)N=CN2Cc2ccccc2)C=C1. The topological polar surface area (TPSA) is 77.8 Å². The van der Waals surface area contributed by atoms with Gasteiger partial charge in [-0.2, -0.15) is 5.10 Å². The van der Waals surface area contributed by atoms with E-state index < -0.39 is 10.5 Å². The maximum atomic E-state index is 13.7. The van der Waals surface area contributed by atoms with E-state index in [0.29, 0.717) is 25.4 Å². The number of hydrogen-bond acceptors (Lipinski definition) is 6. The quantitative estimate of drug-likeness (QED) is 0.239. The Morgan fingerprint density at radius 2 is 1.84 bits per heavy atom. The maximum absolute atomic E-state index is 13.7. The molecule has 4 aromatic rings. The second kappa shape index (κ2) is 12.8. The first-order chi connectivity index (χ1) is 20.9. The zero-order chi connectivity index (χ0) is 29.8. The van der Waals surface area contributed by atoms with Crippen LogP contribution in [0.4, 0.5) is 10.1 Å². The molecule has 0 spiro atoms. The van der Waals surface area contributed by atoms with Gasteiger partial charge in [-0.1, -0.05) is 42.5 Å². The van der Waals surface area contributed by atoms with Gasteiger partial charge in [-0.15, -0.1) is 10.5 Å². The van der Waals surface area contributed by atoms with Gasteiger partial charge in [0.2, 0.25) is 5.91 Å². The summed E-state index contributed by atoms with van der Waals surface area (Å²) in [6.45, 7) is 2.57. The summed E-state index contributed by atoms with van der Waals surface area (Å²) < 4.78 is 15.6. The minimum absolute atomic E-state index is 0.0426. The molecule has 1 amide bonds. The van der Waals surface area contributed by atoms with Gasteiger partial charge in [0.1, 0.15) is 11.6 Å². The highest BCUT2D eigenvalue weighted by molar-refractivity contribution is 8.19. The Balaban J connectivity index is 1.25. The standard InChI is InChI=1S/C33H34FN7OS/c1-39(2)15-14-35-31(42)22-43-16-13-29-32(36-23-40(33(29)43)20-24-7-4-3-5-8-24)38-28-11-12-30-26(18-28)19-37-41(30)21-25-9-6-10-27(34)17-25/h3-13,16-19,23,38H,14-15,20-22H2,1-2H3,(H,35,42). The summed E-state index contributed by atoms with van der Waals surface area (Å²) in [5.74, 6) is 0.923. The molecule has 220 valence electrons. The van der Waals surface area contributed by atoms with E-state index in [1.165, 1.54) is 17.7 Å². The van der Waals surface area contributed by atoms with Crippen molar-refractivity contribution in [3.05, 3.63) is 119 Å². The van der Waals surface area contributed by atoms with Crippen LogP contribution < -0.4 is 10.6 Å². The highest BCUT2D eigenvalue weighted by Crippen LogP contribution is 2.35. The average Bonchev–Trinajstić information content (AvgIpc) is 3.59. The number of rotatable bonds is 11. The van der Waals surface area contributed by atoms with E-state index in [9.17, 15) is 9.18 Å². The predicted octanol–water partition coefficient (Wildman–Crippen LogP) is 5.00. The first-order valence-corrected chi connectivity index (χ1v) is 15.6. The highest BCUT2D eigenvalue weighted by atomic mass is 32.2. The summed E-state index contributed by atoms with van der Waals surface area (Å²) >= 11 is 0. The van der Waals surface area contributed by atoms with Crippen molar-refractivity contribution < 1.29 is 9.18 Å². The fraction of sp³-hybridized carbons (Fsp3) is 0.212. The first-order valence-electron chi connectivity index (χ1n) is 14.2. The molecule has 3 heterocycles. The molecule has 0 saturated heterocycles. The Kier molecular flexibility index (Phi) is 8.48. The van der Waals surface area contributed by atoms with E-state index >= 15 is 0 Å². The van der Waals surface area contributed by atoms with Gasteiger partial charge in [0.25, 0.3) is 0 Å². The van der Waals surface area contributed by atoms with E-state index in [2.05, 4.69) is 49.1 Å². The molecule has 2 N–H and O–H groups in total. The molecule has 10 heteroatoms. The van der Waals surface area contributed by atoms with Gasteiger partial charge in [0, 0.05) is 36.3 Å². The summed E-state index contributed by atoms with van der Waals surface area (Å²) in [6, 6.07) is 22.9. The Morgan fingerprint density at radius 3 is 2.65 bits per heavy atom. The van der Waals surface area contributed by atoms with Crippen LogP contribution in [0.2, 0.25) is 0 Å². The lowest BCUT2D eigenvalue weighted by Crippen LogP contribution is -2.35. The number of nitrogens with zero attached hydrogens (tertiary/aromatic N) is 5. The number of aliphatic imine (C=N–C) groups is 1. The molecule has 1 aromatic heterocycles. The molecule has 3 aromatic carbocycles. The van der Waals surface area contributed by atoms with Crippen LogP contribution in [0.15, 0.2) is 107 Å². The zero-order valence-corrected chi connectivity index (χ0v) is 25.0. The van der Waals surface area contributed by atoms with Crippen LogP contribution in [0.1, 0.15) is 11.1 Å². The van der Waals surface area contributed by atoms with E-state index in [1.807, 2.05) is 73.8 Å². The molecule has 1 unspecified atom stereocenters. The van der Waals surface area contributed by atoms with E-state index in [0.717, 1.165) is 45.1 Å². The Morgan fingerprint density at radius 1 is 1.00 bits per heavy atom. The molecule has 1 atom stereocenters. The van der Waals surface area contributed by atoms with Crippen LogP contribution in [0.5, 0.6) is 0 Å². The summed E-state index contributed by atoms with van der Waals surface area (Å²) in [6.07, 6.45) is 5.77. The number of fused-ring (bicyclic) bond motifs is 2. The zero-order valence-electron chi connectivity index (χ0n) is 24.2. The lowest BCUT2D eigenvalue weighted by atomic mass is 10.1. The summed E-state index contributed by atoms with van der Waals surface area (Å²) in [5.41, 5.74) is 4.86. The summed E-state index contributed by atoms with van der Waals surface area (Å²) in [4.78, 5) is 23.0. The van der Waals surface area contributed by atoms with Gasteiger partial charge >= 0.3 is 0 Å². The largest absolute Gasteiger partial charge is 0.354 e. The number of carbonyl (C=O) groups excluding carboxylic acids is 1. The highest BCUT2D eigenvalue weighted by Gasteiger charge is 2.27. The number of hydrogen-bond donors (Lipinski definition) is 2. The summed E-state index contributed by atoms with van der Waals surface area (Å²) in [5, 5.41) is 14.2. The van der Waals surface area contributed by atoms with Crippen molar-refractivity contribution in [2.45, 2.75) is 13.1 Å². The number of halogens is 1. The molecule has 2 aliphatic rings. The van der Waals surface area contributed by atoms with Crippen LogP contribution in [0.3, 0.4) is 0 Å². The van der Waals surface area contributed by atoms with Crippen LogP contribution >= 0.6 is 10.5 Å². The van der Waals surface area contributed by atoms with Crippen LogP contribution in [0, 0.1) is 5.82 Å². The fourth-order valence-electron chi connectivity index (χ4n) is 5.12. The molecule has 0 radical (unpaired) electrons. The third-order valence-electron chi connectivity index (χ3n) is 7.21. The Hall–Kier alpha value is -4.54. The number of nitrogens with one attached hydrogen (secondary N) is 2.